The number of carbonyl (C=O) groups is 1. The number of aliphatic carboxylic acids is 1. The molecule has 1 rings (SSSR count). The van der Waals surface area contributed by atoms with Gasteiger partial charge in [-0.3, -0.25) is 4.79 Å². The highest BCUT2D eigenvalue weighted by molar-refractivity contribution is 5.67. The maximum atomic E-state index is 12.2. The molecule has 0 bridgehead atoms. The fourth-order valence-corrected chi connectivity index (χ4v) is 1.62. The molecule has 3 nitrogen and oxygen atoms in total. The largest absolute Gasteiger partial charge is 0.481 e. The van der Waals surface area contributed by atoms with Crippen molar-refractivity contribution in [2.75, 3.05) is 6.54 Å². The summed E-state index contributed by atoms with van der Waals surface area (Å²) in [6, 6.07) is -1.47. The van der Waals surface area contributed by atoms with E-state index in [1.54, 1.807) is 0 Å². The Morgan fingerprint density at radius 2 is 2.07 bits per heavy atom. The van der Waals surface area contributed by atoms with Gasteiger partial charge in [0.25, 0.3) is 0 Å². The van der Waals surface area contributed by atoms with E-state index in [4.69, 9.17) is 5.11 Å². The second-order valence-electron chi connectivity index (χ2n) is 3.54. The summed E-state index contributed by atoms with van der Waals surface area (Å²) in [5.41, 5.74) is 0. The zero-order valence-corrected chi connectivity index (χ0v) is 7.47. The van der Waals surface area contributed by atoms with E-state index < -0.39 is 18.2 Å². The van der Waals surface area contributed by atoms with Crippen LogP contribution in [0.1, 0.15) is 19.3 Å². The normalized spacial score (nSPS) is 28.8. The van der Waals surface area contributed by atoms with Crippen LogP contribution in [0.5, 0.6) is 0 Å². The first-order valence-corrected chi connectivity index (χ1v) is 4.41. The first-order chi connectivity index (χ1) is 6.39. The van der Waals surface area contributed by atoms with E-state index in [0.717, 1.165) is 0 Å². The van der Waals surface area contributed by atoms with Crippen LogP contribution in [-0.2, 0) is 4.79 Å². The Morgan fingerprint density at radius 1 is 1.43 bits per heavy atom. The highest BCUT2D eigenvalue weighted by Gasteiger charge is 2.41. The minimum Gasteiger partial charge on any atom is -0.481 e. The van der Waals surface area contributed by atoms with Gasteiger partial charge in [0.1, 0.15) is 6.04 Å². The third-order valence-corrected chi connectivity index (χ3v) is 2.37. The van der Waals surface area contributed by atoms with Crippen LogP contribution in [-0.4, -0.2) is 29.8 Å². The Hall–Kier alpha value is -0.780. The molecule has 14 heavy (non-hydrogen) atoms. The fourth-order valence-electron chi connectivity index (χ4n) is 1.62. The molecule has 0 amide bonds. The second-order valence-corrected chi connectivity index (χ2v) is 3.54. The molecule has 1 aliphatic heterocycles. The maximum absolute atomic E-state index is 12.2. The molecule has 1 heterocycles. The Bertz CT molecular complexity index is 209. The first kappa shape index (κ1) is 11.3. The van der Waals surface area contributed by atoms with Crippen molar-refractivity contribution in [3.05, 3.63) is 0 Å². The molecular formula is C8H12F3NO2. The molecule has 2 atom stereocenters. The average Bonchev–Trinajstić information content (AvgIpc) is 2.02. The van der Waals surface area contributed by atoms with Gasteiger partial charge in [0.05, 0.1) is 0 Å². The molecule has 82 valence electrons. The topological polar surface area (TPSA) is 49.3 Å². The van der Waals surface area contributed by atoms with Crippen molar-refractivity contribution >= 4 is 5.97 Å². The molecule has 6 heteroatoms. The predicted molar refractivity (Wildman–Crippen MR) is 42.8 cm³/mol. The number of alkyl halides is 3. The Morgan fingerprint density at radius 3 is 2.43 bits per heavy atom. The molecule has 0 radical (unpaired) electrons. The Kier molecular flexibility index (Phi) is 3.36. The second kappa shape index (κ2) is 4.16. The first-order valence-electron chi connectivity index (χ1n) is 4.41. The van der Waals surface area contributed by atoms with E-state index in [0.29, 0.717) is 6.42 Å². The summed E-state index contributed by atoms with van der Waals surface area (Å²) in [4.78, 5) is 10.3. The Balaban J connectivity index is 2.35. The number of piperidine rings is 1. The standard InChI is InChI=1S/C8H12F3NO2/c9-8(10,11)6-2-1-5(4-12-6)3-7(13)14/h5-6,12H,1-4H2,(H,13,14)/t5-,6+/m1/s1. The number of hydrogen-bond donors (Lipinski definition) is 2. The van der Waals surface area contributed by atoms with Crippen molar-refractivity contribution in [1.29, 1.82) is 0 Å². The van der Waals surface area contributed by atoms with Gasteiger partial charge in [-0.25, -0.2) is 0 Å². The van der Waals surface area contributed by atoms with Gasteiger partial charge in [-0.15, -0.1) is 0 Å². The molecule has 1 fully saturated rings. The van der Waals surface area contributed by atoms with E-state index in [2.05, 4.69) is 5.32 Å². The van der Waals surface area contributed by atoms with Gasteiger partial charge in [0.15, 0.2) is 0 Å². The number of nitrogens with one attached hydrogen (secondary N) is 1. The summed E-state index contributed by atoms with van der Waals surface area (Å²) in [7, 11) is 0. The van der Waals surface area contributed by atoms with Crippen molar-refractivity contribution in [1.82, 2.24) is 5.32 Å². The van der Waals surface area contributed by atoms with Gasteiger partial charge >= 0.3 is 12.1 Å². The molecule has 2 N–H and O–H groups in total. The zero-order valence-electron chi connectivity index (χ0n) is 7.47. The lowest BCUT2D eigenvalue weighted by atomic mass is 9.92. The minimum absolute atomic E-state index is 0.0263. The van der Waals surface area contributed by atoms with Gasteiger partial charge < -0.3 is 10.4 Å². The number of hydrogen-bond acceptors (Lipinski definition) is 2. The van der Waals surface area contributed by atoms with Gasteiger partial charge in [0, 0.05) is 6.42 Å². The molecule has 0 aliphatic carbocycles. The number of rotatable bonds is 2. The average molecular weight is 211 g/mol. The molecule has 0 aromatic rings. The van der Waals surface area contributed by atoms with E-state index in [1.807, 2.05) is 0 Å². The lowest BCUT2D eigenvalue weighted by molar-refractivity contribution is -0.162. The summed E-state index contributed by atoms with van der Waals surface area (Å²) >= 11 is 0. The molecule has 0 spiro atoms. The molecule has 0 aromatic heterocycles. The van der Waals surface area contributed by atoms with Crippen molar-refractivity contribution in [2.24, 2.45) is 5.92 Å². The summed E-state index contributed by atoms with van der Waals surface area (Å²) in [6.07, 6.45) is -3.98. The Labute approximate surface area is 79.3 Å². The van der Waals surface area contributed by atoms with E-state index in [-0.39, 0.29) is 25.3 Å². The highest BCUT2D eigenvalue weighted by Crippen LogP contribution is 2.28. The van der Waals surface area contributed by atoms with Gasteiger partial charge in [-0.05, 0) is 25.3 Å². The van der Waals surface area contributed by atoms with Crippen molar-refractivity contribution in [3.8, 4) is 0 Å². The summed E-state index contributed by atoms with van der Waals surface area (Å²) in [6.45, 7) is 0.135. The molecule has 0 aromatic carbocycles. The molecule has 1 saturated heterocycles. The molecular weight excluding hydrogens is 199 g/mol. The SMILES string of the molecule is O=C(O)C[C@H]1CC[C@@H](C(F)(F)F)NC1. The summed E-state index contributed by atoms with van der Waals surface area (Å²) in [5, 5.41) is 10.8. The zero-order chi connectivity index (χ0) is 10.8. The van der Waals surface area contributed by atoms with Crippen LogP contribution in [0.2, 0.25) is 0 Å². The van der Waals surface area contributed by atoms with Crippen LogP contribution in [0.25, 0.3) is 0 Å². The quantitative estimate of drug-likeness (QED) is 0.725. The highest BCUT2D eigenvalue weighted by atomic mass is 19.4. The van der Waals surface area contributed by atoms with Crippen LogP contribution in [0.15, 0.2) is 0 Å². The molecule has 1 aliphatic rings. The number of carboxylic acid groups (broad SMARTS) is 1. The van der Waals surface area contributed by atoms with Gasteiger partial charge in [-0.1, -0.05) is 0 Å². The smallest absolute Gasteiger partial charge is 0.403 e. The fraction of sp³-hybridized carbons (Fsp3) is 0.875. The number of carboxylic acids is 1. The van der Waals surface area contributed by atoms with E-state index in [1.165, 1.54) is 0 Å². The molecule has 0 saturated carbocycles. The summed E-state index contributed by atoms with van der Waals surface area (Å²) < 4.78 is 36.5. The summed E-state index contributed by atoms with van der Waals surface area (Å²) in [5.74, 6) is -1.13. The minimum atomic E-state index is -4.21. The third kappa shape index (κ3) is 3.17. The third-order valence-electron chi connectivity index (χ3n) is 2.37. The maximum Gasteiger partial charge on any atom is 0.403 e. The van der Waals surface area contributed by atoms with Crippen LogP contribution >= 0.6 is 0 Å². The lowest BCUT2D eigenvalue weighted by Crippen LogP contribution is -2.48. The van der Waals surface area contributed by atoms with E-state index in [9.17, 15) is 18.0 Å². The van der Waals surface area contributed by atoms with Crippen LogP contribution in [0.4, 0.5) is 13.2 Å². The van der Waals surface area contributed by atoms with Gasteiger partial charge in [-0.2, -0.15) is 13.2 Å². The molecule has 0 unspecified atom stereocenters. The van der Waals surface area contributed by atoms with E-state index >= 15 is 0 Å². The van der Waals surface area contributed by atoms with Crippen molar-refractivity contribution in [2.45, 2.75) is 31.5 Å². The van der Waals surface area contributed by atoms with Crippen LogP contribution in [0, 0.1) is 5.92 Å². The lowest BCUT2D eigenvalue weighted by Gasteiger charge is -2.30. The van der Waals surface area contributed by atoms with Crippen molar-refractivity contribution in [3.63, 3.8) is 0 Å². The van der Waals surface area contributed by atoms with Crippen molar-refractivity contribution < 1.29 is 23.1 Å². The predicted octanol–water partition coefficient (Wildman–Crippen LogP) is 1.39. The monoisotopic (exact) mass is 211 g/mol. The van der Waals surface area contributed by atoms with Gasteiger partial charge in [0.2, 0.25) is 0 Å². The van der Waals surface area contributed by atoms with Crippen LogP contribution in [0.3, 0.4) is 0 Å². The number of halogens is 3. The van der Waals surface area contributed by atoms with Crippen LogP contribution < -0.4 is 5.32 Å².